The summed E-state index contributed by atoms with van der Waals surface area (Å²) in [5.74, 6) is 2.85. The first-order valence-electron chi connectivity index (χ1n) is 9.62. The zero-order chi connectivity index (χ0) is 21.2. The lowest BCUT2D eigenvalue weighted by molar-refractivity contribution is 0.342. The molecule has 8 heteroatoms. The highest BCUT2D eigenvalue weighted by Crippen LogP contribution is 2.39. The van der Waals surface area contributed by atoms with Crippen molar-refractivity contribution in [3.8, 4) is 23.1 Å². The molecule has 3 rings (SSSR count). The lowest BCUT2D eigenvalue weighted by Gasteiger charge is -2.14. The third-order valence-corrected chi connectivity index (χ3v) is 4.40. The van der Waals surface area contributed by atoms with Crippen LogP contribution in [0.5, 0.6) is 23.1 Å². The molecule has 158 valence electrons. The second-order valence-corrected chi connectivity index (χ2v) is 6.37. The molecule has 2 heterocycles. The number of aromatic nitrogens is 2. The van der Waals surface area contributed by atoms with Gasteiger partial charge in [0, 0.05) is 51.3 Å². The summed E-state index contributed by atoms with van der Waals surface area (Å²) in [5, 5.41) is 6.57. The molecule has 2 aromatic heterocycles. The van der Waals surface area contributed by atoms with Gasteiger partial charge in [-0.3, -0.25) is 4.99 Å². The van der Waals surface area contributed by atoms with E-state index in [0.29, 0.717) is 29.7 Å². The van der Waals surface area contributed by atoms with Gasteiger partial charge < -0.3 is 29.4 Å². The summed E-state index contributed by atoms with van der Waals surface area (Å²) >= 11 is 0. The Labute approximate surface area is 176 Å². The molecule has 8 nitrogen and oxygen atoms in total. The Kier molecular flexibility index (Phi) is 7.54. The van der Waals surface area contributed by atoms with Crippen molar-refractivity contribution in [1.82, 2.24) is 20.2 Å². The lowest BCUT2D eigenvalue weighted by atomic mass is 10.3. The summed E-state index contributed by atoms with van der Waals surface area (Å²) in [7, 11) is 4.92. The van der Waals surface area contributed by atoms with Gasteiger partial charge in [0.15, 0.2) is 17.5 Å². The molecule has 0 amide bonds. The van der Waals surface area contributed by atoms with E-state index in [4.69, 9.17) is 14.2 Å². The van der Waals surface area contributed by atoms with Crippen molar-refractivity contribution in [2.45, 2.75) is 13.1 Å². The van der Waals surface area contributed by atoms with E-state index in [1.54, 1.807) is 27.5 Å². The number of para-hydroxylation sites is 1. The van der Waals surface area contributed by atoms with E-state index in [1.807, 2.05) is 54.9 Å². The highest BCUT2D eigenvalue weighted by Gasteiger charge is 2.13. The van der Waals surface area contributed by atoms with Crippen LogP contribution in [0, 0.1) is 0 Å². The molecule has 0 radical (unpaired) electrons. The Morgan fingerprint density at radius 3 is 2.33 bits per heavy atom. The van der Waals surface area contributed by atoms with Gasteiger partial charge in [0.25, 0.3) is 0 Å². The third kappa shape index (κ3) is 5.66. The fourth-order valence-electron chi connectivity index (χ4n) is 2.83. The zero-order valence-electron chi connectivity index (χ0n) is 17.5. The van der Waals surface area contributed by atoms with Crippen molar-refractivity contribution in [2.75, 3.05) is 27.8 Å². The maximum absolute atomic E-state index is 5.89. The number of pyridine rings is 1. The van der Waals surface area contributed by atoms with Crippen LogP contribution in [0.1, 0.15) is 5.56 Å². The van der Waals surface area contributed by atoms with Crippen LogP contribution in [0.25, 0.3) is 0 Å². The molecular weight excluding hydrogens is 382 g/mol. The normalized spacial score (nSPS) is 11.1. The Balaban J connectivity index is 1.53. The van der Waals surface area contributed by atoms with E-state index >= 15 is 0 Å². The van der Waals surface area contributed by atoms with Crippen LogP contribution < -0.4 is 24.8 Å². The fraction of sp³-hybridized carbons (Fsp3) is 0.273. The minimum absolute atomic E-state index is 0.454. The van der Waals surface area contributed by atoms with Crippen molar-refractivity contribution in [2.24, 2.45) is 4.99 Å². The molecule has 0 aliphatic rings. The molecule has 2 N–H and O–H groups in total. The van der Waals surface area contributed by atoms with Crippen LogP contribution in [0.2, 0.25) is 0 Å². The van der Waals surface area contributed by atoms with Crippen molar-refractivity contribution >= 4 is 5.96 Å². The first-order valence-corrected chi connectivity index (χ1v) is 9.62. The number of rotatable bonds is 9. The van der Waals surface area contributed by atoms with E-state index in [0.717, 1.165) is 24.6 Å². The molecule has 0 fully saturated rings. The standard InChI is InChI=1S/C22H27N5O3/c1-23-22(24-11-14-27-12-4-5-13-27)26-16-17-9-10-20(25-15-17)30-21-18(28-2)7-6-8-19(21)29-3/h4-10,12-13,15H,11,14,16H2,1-3H3,(H2,23,24,26). The zero-order valence-corrected chi connectivity index (χ0v) is 17.5. The quantitative estimate of drug-likeness (QED) is 0.418. The number of aliphatic imine (C=N–C) groups is 1. The van der Waals surface area contributed by atoms with Gasteiger partial charge in [-0.05, 0) is 29.8 Å². The lowest BCUT2D eigenvalue weighted by Crippen LogP contribution is -2.38. The molecule has 0 saturated heterocycles. The van der Waals surface area contributed by atoms with Crippen molar-refractivity contribution < 1.29 is 14.2 Å². The summed E-state index contributed by atoms with van der Waals surface area (Å²) in [6, 6.07) is 13.2. The number of hydrogen-bond donors (Lipinski definition) is 2. The summed E-state index contributed by atoms with van der Waals surface area (Å²) in [6.07, 6.45) is 5.83. The number of guanidine groups is 1. The van der Waals surface area contributed by atoms with Crippen LogP contribution in [-0.2, 0) is 13.1 Å². The number of nitrogens with one attached hydrogen (secondary N) is 2. The van der Waals surface area contributed by atoms with Crippen molar-refractivity contribution in [3.05, 3.63) is 66.6 Å². The van der Waals surface area contributed by atoms with Gasteiger partial charge >= 0.3 is 0 Å². The summed E-state index contributed by atoms with van der Waals surface area (Å²) < 4.78 is 18.7. The van der Waals surface area contributed by atoms with Crippen LogP contribution in [-0.4, -0.2) is 43.3 Å². The van der Waals surface area contributed by atoms with Crippen molar-refractivity contribution in [3.63, 3.8) is 0 Å². The maximum atomic E-state index is 5.89. The first-order chi connectivity index (χ1) is 14.7. The van der Waals surface area contributed by atoms with Gasteiger partial charge in [-0.2, -0.15) is 0 Å². The Bertz CT molecular complexity index is 918. The Morgan fingerprint density at radius 1 is 1.00 bits per heavy atom. The third-order valence-electron chi connectivity index (χ3n) is 4.40. The average molecular weight is 409 g/mol. The van der Waals surface area contributed by atoms with Crippen LogP contribution in [0.15, 0.2) is 66.0 Å². The van der Waals surface area contributed by atoms with Crippen LogP contribution in [0.4, 0.5) is 0 Å². The molecule has 1 aromatic carbocycles. The van der Waals surface area contributed by atoms with Gasteiger partial charge in [0.1, 0.15) is 0 Å². The molecule has 30 heavy (non-hydrogen) atoms. The maximum Gasteiger partial charge on any atom is 0.219 e. The van der Waals surface area contributed by atoms with Gasteiger partial charge in [-0.1, -0.05) is 12.1 Å². The smallest absolute Gasteiger partial charge is 0.219 e. The van der Waals surface area contributed by atoms with Gasteiger partial charge in [0.05, 0.1) is 14.2 Å². The number of hydrogen-bond acceptors (Lipinski definition) is 5. The van der Waals surface area contributed by atoms with E-state index < -0.39 is 0 Å². The van der Waals surface area contributed by atoms with Gasteiger partial charge in [-0.25, -0.2) is 4.98 Å². The van der Waals surface area contributed by atoms with Crippen LogP contribution in [0.3, 0.4) is 0 Å². The number of benzene rings is 1. The highest BCUT2D eigenvalue weighted by molar-refractivity contribution is 5.79. The highest BCUT2D eigenvalue weighted by atomic mass is 16.5. The minimum Gasteiger partial charge on any atom is -0.493 e. The topological polar surface area (TPSA) is 81.9 Å². The Morgan fingerprint density at radius 2 is 1.73 bits per heavy atom. The summed E-state index contributed by atoms with van der Waals surface area (Å²) in [4.78, 5) is 8.63. The molecular formula is C22H27N5O3. The largest absolute Gasteiger partial charge is 0.493 e. The monoisotopic (exact) mass is 409 g/mol. The van der Waals surface area contributed by atoms with E-state index in [-0.39, 0.29) is 0 Å². The first kappa shape index (κ1) is 21.0. The minimum atomic E-state index is 0.454. The molecule has 3 aromatic rings. The molecule has 0 unspecified atom stereocenters. The van der Waals surface area contributed by atoms with E-state index in [1.165, 1.54) is 0 Å². The molecule has 0 bridgehead atoms. The SMILES string of the molecule is CN=C(NCCn1cccc1)NCc1ccc(Oc2c(OC)cccc2OC)nc1. The molecule has 0 saturated carbocycles. The number of ether oxygens (including phenoxy) is 3. The average Bonchev–Trinajstić information content (AvgIpc) is 3.30. The van der Waals surface area contributed by atoms with Crippen LogP contribution >= 0.6 is 0 Å². The molecule has 0 atom stereocenters. The van der Waals surface area contributed by atoms with E-state index in [2.05, 4.69) is 25.2 Å². The summed E-state index contributed by atoms with van der Waals surface area (Å²) in [6.45, 7) is 2.24. The van der Waals surface area contributed by atoms with E-state index in [9.17, 15) is 0 Å². The predicted octanol–water partition coefficient (Wildman–Crippen LogP) is 3.06. The molecule has 0 aliphatic heterocycles. The predicted molar refractivity (Wildman–Crippen MR) is 116 cm³/mol. The number of methoxy groups -OCH3 is 2. The number of nitrogens with zero attached hydrogens (tertiary/aromatic N) is 3. The fourth-order valence-corrected chi connectivity index (χ4v) is 2.83. The van der Waals surface area contributed by atoms with Gasteiger partial charge in [0.2, 0.25) is 11.6 Å². The van der Waals surface area contributed by atoms with Gasteiger partial charge in [-0.15, -0.1) is 0 Å². The molecule has 0 aliphatic carbocycles. The Hall–Kier alpha value is -3.68. The second kappa shape index (κ2) is 10.8. The second-order valence-electron chi connectivity index (χ2n) is 6.37. The van der Waals surface area contributed by atoms with Crippen molar-refractivity contribution in [1.29, 1.82) is 0 Å². The molecule has 0 spiro atoms. The summed E-state index contributed by atoms with van der Waals surface area (Å²) in [5.41, 5.74) is 1.00.